The fourth-order valence-corrected chi connectivity index (χ4v) is 3.32. The zero-order valence-electron chi connectivity index (χ0n) is 14.0. The maximum absolute atomic E-state index is 5.85. The number of hydrogen-bond acceptors (Lipinski definition) is 2. The average molecular weight is 289 g/mol. The SMILES string of the molecule is Cc1cc(OCCNCC2CCCCC2)ccc1C(C)C. The summed E-state index contributed by atoms with van der Waals surface area (Å²) < 4.78 is 5.85. The van der Waals surface area contributed by atoms with Crippen LogP contribution in [0.4, 0.5) is 0 Å². The van der Waals surface area contributed by atoms with E-state index in [-0.39, 0.29) is 0 Å². The molecule has 0 saturated heterocycles. The second-order valence-electron chi connectivity index (χ2n) is 6.73. The van der Waals surface area contributed by atoms with Crippen LogP contribution in [0.5, 0.6) is 5.75 Å². The third-order valence-corrected chi connectivity index (χ3v) is 4.57. The fourth-order valence-electron chi connectivity index (χ4n) is 3.32. The average Bonchev–Trinajstić information content (AvgIpc) is 2.47. The van der Waals surface area contributed by atoms with Gasteiger partial charge in [-0.1, -0.05) is 39.2 Å². The van der Waals surface area contributed by atoms with Crippen molar-refractivity contribution >= 4 is 0 Å². The van der Waals surface area contributed by atoms with Gasteiger partial charge in [0.05, 0.1) is 0 Å². The quantitative estimate of drug-likeness (QED) is 0.737. The molecule has 1 aromatic carbocycles. The van der Waals surface area contributed by atoms with E-state index in [9.17, 15) is 0 Å². The number of rotatable bonds is 7. The Hall–Kier alpha value is -1.02. The summed E-state index contributed by atoms with van der Waals surface area (Å²) in [4.78, 5) is 0. The number of hydrogen-bond donors (Lipinski definition) is 1. The minimum Gasteiger partial charge on any atom is -0.492 e. The van der Waals surface area contributed by atoms with Gasteiger partial charge in [-0.15, -0.1) is 0 Å². The molecule has 1 aromatic rings. The van der Waals surface area contributed by atoms with E-state index in [0.717, 1.165) is 31.4 Å². The summed E-state index contributed by atoms with van der Waals surface area (Å²) in [6.07, 6.45) is 7.09. The molecule has 1 aliphatic rings. The molecule has 0 atom stereocenters. The van der Waals surface area contributed by atoms with Crippen LogP contribution < -0.4 is 10.1 Å². The van der Waals surface area contributed by atoms with Crippen molar-refractivity contribution in [3.05, 3.63) is 29.3 Å². The summed E-state index contributed by atoms with van der Waals surface area (Å²) >= 11 is 0. The van der Waals surface area contributed by atoms with Crippen LogP contribution in [0, 0.1) is 12.8 Å². The standard InChI is InChI=1S/C19H31NO/c1-15(2)19-10-9-18(13-16(19)3)21-12-11-20-14-17-7-5-4-6-8-17/h9-10,13,15,17,20H,4-8,11-12,14H2,1-3H3. The van der Waals surface area contributed by atoms with E-state index < -0.39 is 0 Å². The van der Waals surface area contributed by atoms with Crippen LogP contribution in [0.2, 0.25) is 0 Å². The summed E-state index contributed by atoms with van der Waals surface area (Å²) in [5, 5.41) is 3.54. The zero-order valence-corrected chi connectivity index (χ0v) is 14.0. The molecule has 1 fully saturated rings. The molecule has 2 heteroatoms. The highest BCUT2D eigenvalue weighted by Crippen LogP contribution is 2.24. The van der Waals surface area contributed by atoms with Crippen molar-refractivity contribution in [2.24, 2.45) is 5.92 Å². The van der Waals surface area contributed by atoms with E-state index in [0.29, 0.717) is 5.92 Å². The Balaban J connectivity index is 1.65. The molecule has 0 aliphatic heterocycles. The van der Waals surface area contributed by atoms with Crippen LogP contribution in [0.25, 0.3) is 0 Å². The first-order chi connectivity index (χ1) is 10.2. The van der Waals surface area contributed by atoms with Crippen LogP contribution >= 0.6 is 0 Å². The van der Waals surface area contributed by atoms with Crippen molar-refractivity contribution in [1.82, 2.24) is 5.32 Å². The molecule has 118 valence electrons. The molecule has 0 amide bonds. The van der Waals surface area contributed by atoms with E-state index in [2.05, 4.69) is 44.3 Å². The van der Waals surface area contributed by atoms with Gasteiger partial charge in [0, 0.05) is 6.54 Å². The largest absolute Gasteiger partial charge is 0.492 e. The number of nitrogens with one attached hydrogen (secondary N) is 1. The normalized spacial score (nSPS) is 16.4. The first-order valence-corrected chi connectivity index (χ1v) is 8.61. The van der Waals surface area contributed by atoms with Gasteiger partial charge in [-0.3, -0.25) is 0 Å². The number of ether oxygens (including phenoxy) is 1. The van der Waals surface area contributed by atoms with Crippen molar-refractivity contribution in [3.63, 3.8) is 0 Å². The second kappa shape index (κ2) is 8.43. The minimum absolute atomic E-state index is 0.580. The van der Waals surface area contributed by atoms with E-state index in [1.165, 1.54) is 43.2 Å². The molecule has 1 N–H and O–H groups in total. The van der Waals surface area contributed by atoms with Crippen LogP contribution in [-0.2, 0) is 0 Å². The Morgan fingerprint density at radius 2 is 1.95 bits per heavy atom. The van der Waals surface area contributed by atoms with Gasteiger partial charge in [-0.2, -0.15) is 0 Å². The van der Waals surface area contributed by atoms with Crippen molar-refractivity contribution in [3.8, 4) is 5.75 Å². The van der Waals surface area contributed by atoms with Crippen LogP contribution in [0.1, 0.15) is 63.0 Å². The van der Waals surface area contributed by atoms with Gasteiger partial charge in [-0.25, -0.2) is 0 Å². The summed E-state index contributed by atoms with van der Waals surface area (Å²) in [5.41, 5.74) is 2.75. The van der Waals surface area contributed by atoms with Gasteiger partial charge in [-0.05, 0) is 61.4 Å². The van der Waals surface area contributed by atoms with Gasteiger partial charge < -0.3 is 10.1 Å². The molecule has 0 unspecified atom stereocenters. The van der Waals surface area contributed by atoms with E-state index >= 15 is 0 Å². The van der Waals surface area contributed by atoms with Crippen LogP contribution in [0.3, 0.4) is 0 Å². The Morgan fingerprint density at radius 1 is 1.19 bits per heavy atom. The molecule has 0 aromatic heterocycles. The first kappa shape index (κ1) is 16.4. The first-order valence-electron chi connectivity index (χ1n) is 8.61. The lowest BCUT2D eigenvalue weighted by Crippen LogP contribution is -2.28. The molecule has 0 spiro atoms. The highest BCUT2D eigenvalue weighted by Gasteiger charge is 2.12. The third kappa shape index (κ3) is 5.35. The fraction of sp³-hybridized carbons (Fsp3) is 0.684. The van der Waals surface area contributed by atoms with Crippen molar-refractivity contribution in [1.29, 1.82) is 0 Å². The highest BCUT2D eigenvalue weighted by atomic mass is 16.5. The van der Waals surface area contributed by atoms with Crippen LogP contribution in [0.15, 0.2) is 18.2 Å². The van der Waals surface area contributed by atoms with Gasteiger partial charge >= 0.3 is 0 Å². The summed E-state index contributed by atoms with van der Waals surface area (Å²) in [6.45, 7) is 9.50. The van der Waals surface area contributed by atoms with Gasteiger partial charge in [0.1, 0.15) is 12.4 Å². The lowest BCUT2D eigenvalue weighted by atomic mass is 9.89. The maximum Gasteiger partial charge on any atom is 0.119 e. The van der Waals surface area contributed by atoms with Crippen molar-refractivity contribution < 1.29 is 4.74 Å². The minimum atomic E-state index is 0.580. The predicted octanol–water partition coefficient (Wildman–Crippen LogP) is 4.67. The Bertz CT molecular complexity index is 422. The van der Waals surface area contributed by atoms with Crippen molar-refractivity contribution in [2.45, 2.75) is 58.8 Å². The van der Waals surface area contributed by atoms with E-state index in [4.69, 9.17) is 4.74 Å². The summed E-state index contributed by atoms with van der Waals surface area (Å²) in [7, 11) is 0. The molecule has 2 rings (SSSR count). The molecule has 1 aliphatic carbocycles. The van der Waals surface area contributed by atoms with Crippen molar-refractivity contribution in [2.75, 3.05) is 19.7 Å². The van der Waals surface area contributed by atoms with Gasteiger partial charge in [0.25, 0.3) is 0 Å². The molecule has 2 nitrogen and oxygen atoms in total. The molecule has 0 bridgehead atoms. The molecule has 0 heterocycles. The van der Waals surface area contributed by atoms with E-state index in [1.54, 1.807) is 0 Å². The molecule has 21 heavy (non-hydrogen) atoms. The Labute approximate surface area is 130 Å². The van der Waals surface area contributed by atoms with Gasteiger partial charge in [0.15, 0.2) is 0 Å². The third-order valence-electron chi connectivity index (χ3n) is 4.57. The second-order valence-corrected chi connectivity index (χ2v) is 6.73. The smallest absolute Gasteiger partial charge is 0.119 e. The Kier molecular flexibility index (Phi) is 6.56. The maximum atomic E-state index is 5.85. The van der Waals surface area contributed by atoms with Gasteiger partial charge in [0.2, 0.25) is 0 Å². The number of aryl methyl sites for hydroxylation is 1. The van der Waals surface area contributed by atoms with E-state index in [1.807, 2.05) is 0 Å². The topological polar surface area (TPSA) is 21.3 Å². The predicted molar refractivity (Wildman–Crippen MR) is 90.2 cm³/mol. The summed E-state index contributed by atoms with van der Waals surface area (Å²) in [5.74, 6) is 2.47. The number of benzene rings is 1. The molecular weight excluding hydrogens is 258 g/mol. The molecule has 0 radical (unpaired) electrons. The monoisotopic (exact) mass is 289 g/mol. The van der Waals surface area contributed by atoms with Crippen LogP contribution in [-0.4, -0.2) is 19.7 Å². The Morgan fingerprint density at radius 3 is 2.62 bits per heavy atom. The zero-order chi connectivity index (χ0) is 15.1. The lowest BCUT2D eigenvalue weighted by Gasteiger charge is -2.21. The lowest BCUT2D eigenvalue weighted by molar-refractivity contribution is 0.294. The molecule has 1 saturated carbocycles. The highest BCUT2D eigenvalue weighted by molar-refractivity contribution is 5.36. The summed E-state index contributed by atoms with van der Waals surface area (Å²) in [6, 6.07) is 6.46. The molecular formula is C19H31NO.